The van der Waals surface area contributed by atoms with Crippen molar-refractivity contribution < 1.29 is 37.8 Å². The molecule has 0 aliphatic carbocycles. The summed E-state index contributed by atoms with van der Waals surface area (Å²) in [5, 5.41) is 0. The van der Waals surface area contributed by atoms with E-state index >= 15 is 0 Å². The number of allylic oxidation sites excluding steroid dienone is 1. The van der Waals surface area contributed by atoms with E-state index in [0.717, 1.165) is 11.1 Å². The minimum absolute atomic E-state index is 0.210. The normalized spacial score (nSPS) is 11.4. The summed E-state index contributed by atoms with van der Waals surface area (Å²) >= 11 is 0. The largest absolute Gasteiger partial charge is 0.383 e. The quantitative estimate of drug-likeness (QED) is 0.446. The molecule has 0 atom stereocenters. The monoisotopic (exact) mass is 320 g/mol. The van der Waals surface area contributed by atoms with Gasteiger partial charge in [0, 0.05) is 20.3 Å². The first kappa shape index (κ1) is 19.5. The maximum Gasteiger partial charge on any atom is 0.172 e. The van der Waals surface area contributed by atoms with Gasteiger partial charge in [0.25, 0.3) is 0 Å². The molecule has 0 saturated carbocycles. The Labute approximate surface area is 125 Å². The highest BCUT2D eigenvalue weighted by molar-refractivity contribution is 6.07. The van der Waals surface area contributed by atoms with Crippen LogP contribution in [0.4, 0.5) is 4.39 Å². The summed E-state index contributed by atoms with van der Waals surface area (Å²) in [5.41, 5.74) is 2.05. The molecule has 0 spiro atoms. The number of rotatable bonds is 3. The van der Waals surface area contributed by atoms with Crippen LogP contribution in [0.25, 0.3) is 5.57 Å². The lowest BCUT2D eigenvalue weighted by Crippen LogP contribution is -2.68. The molecule has 0 bridgehead atoms. The fourth-order valence-electron chi connectivity index (χ4n) is 1.38. The predicted octanol–water partition coefficient (Wildman–Crippen LogP) is -2.68. The molecule has 1 rings (SSSR count). The number of benzene rings is 1. The highest BCUT2D eigenvalue weighted by atomic mass is 35.7. The lowest BCUT2D eigenvalue weighted by atomic mass is 10.1. The van der Waals surface area contributed by atoms with Crippen molar-refractivity contribution in [3.8, 4) is 0 Å². The van der Waals surface area contributed by atoms with Crippen molar-refractivity contribution in [2.45, 2.75) is 0 Å². The molecular weight excluding hydrogens is 303 g/mol. The molecule has 8 heteroatoms. The third-order valence-electron chi connectivity index (χ3n) is 1.97. The van der Waals surface area contributed by atoms with Gasteiger partial charge in [0.15, 0.2) is 6.21 Å². The average Bonchev–Trinajstić information content (AvgIpc) is 2.25. The molecule has 0 N–H and O–H groups in total. The molecule has 118 valence electrons. The number of hydrogen-bond acceptors (Lipinski definition) is 5. The molecule has 0 unspecified atom stereocenters. The Hall–Kier alpha value is -1.51. The molecule has 1 aromatic carbocycles. The van der Waals surface area contributed by atoms with Crippen molar-refractivity contribution in [1.82, 2.24) is 4.90 Å². The Kier molecular flexibility index (Phi) is 8.08. The molecule has 6 nitrogen and oxygen atoms in total. The summed E-state index contributed by atoms with van der Waals surface area (Å²) in [6.45, 7) is 0. The number of nitrogens with zero attached hydrogens (tertiary/aromatic N) is 2. The van der Waals surface area contributed by atoms with Gasteiger partial charge in [-0.15, -0.1) is 10.2 Å². The van der Waals surface area contributed by atoms with Crippen LogP contribution < -0.4 is 18.6 Å². The van der Waals surface area contributed by atoms with Crippen LogP contribution in [0.2, 0.25) is 0 Å². The first-order chi connectivity index (χ1) is 9.49. The van der Waals surface area contributed by atoms with Crippen LogP contribution in [-0.4, -0.2) is 43.9 Å². The predicted molar refractivity (Wildman–Crippen MR) is 66.2 cm³/mol. The fraction of sp³-hybridized carbons (Fsp3) is 0.308. The molecule has 1 aromatic rings. The average molecular weight is 321 g/mol. The van der Waals surface area contributed by atoms with Gasteiger partial charge in [-0.3, -0.25) is 0 Å². The second-order valence-corrected chi connectivity index (χ2v) is 5.28. The van der Waals surface area contributed by atoms with E-state index in [0.29, 0.717) is 0 Å². The molecule has 0 aromatic heterocycles. The zero-order chi connectivity index (χ0) is 16.6. The fourth-order valence-corrected chi connectivity index (χ4v) is 1.38. The van der Waals surface area contributed by atoms with Crippen LogP contribution in [0.5, 0.6) is 0 Å². The van der Waals surface area contributed by atoms with E-state index in [1.165, 1.54) is 12.1 Å². The van der Waals surface area contributed by atoms with Crippen molar-refractivity contribution in [1.29, 1.82) is 0 Å². The van der Waals surface area contributed by atoms with Crippen LogP contribution in [0.15, 0.2) is 30.5 Å². The van der Waals surface area contributed by atoms with Crippen LogP contribution in [-0.2, 0) is 0 Å². The summed E-state index contributed by atoms with van der Waals surface area (Å²) in [6, 6.07) is 6.51. The van der Waals surface area contributed by atoms with Crippen molar-refractivity contribution in [3.05, 3.63) is 41.8 Å². The second-order valence-electron chi connectivity index (χ2n) is 4.53. The highest BCUT2D eigenvalue weighted by Crippen LogP contribution is 2.13. The van der Waals surface area contributed by atoms with E-state index in [2.05, 4.69) is 0 Å². The minimum Gasteiger partial charge on any atom is -0.383 e. The Balaban J connectivity index is 0.000000690. The smallest absolute Gasteiger partial charge is 0.172 e. The molecule has 0 amide bonds. The van der Waals surface area contributed by atoms with Crippen LogP contribution in [0.3, 0.4) is 0 Å². The lowest BCUT2D eigenvalue weighted by Gasteiger charge is -2.17. The van der Waals surface area contributed by atoms with E-state index < -0.39 is 10.2 Å². The zero-order valence-corrected chi connectivity index (χ0v) is 13.0. The third-order valence-corrected chi connectivity index (χ3v) is 1.97. The second kappa shape index (κ2) is 8.71. The molecule has 0 aliphatic rings. The Morgan fingerprint density at radius 2 is 1.52 bits per heavy atom. The molecular formula is C13H18ClFN2O4. The first-order valence-corrected chi connectivity index (χ1v) is 6.99. The van der Waals surface area contributed by atoms with E-state index in [-0.39, 0.29) is 5.82 Å². The molecule has 21 heavy (non-hydrogen) atoms. The summed E-state index contributed by atoms with van der Waals surface area (Å²) < 4.78 is 48.8. The van der Waals surface area contributed by atoms with Crippen molar-refractivity contribution >= 4 is 11.8 Å². The van der Waals surface area contributed by atoms with Gasteiger partial charge in [-0.1, -0.05) is 12.1 Å². The van der Waals surface area contributed by atoms with Crippen LogP contribution in [0, 0.1) is 16.1 Å². The molecule has 0 saturated heterocycles. The van der Waals surface area contributed by atoms with Gasteiger partial charge in [-0.05, 0) is 17.7 Å². The van der Waals surface area contributed by atoms with E-state index in [1.807, 2.05) is 50.1 Å². The zero-order valence-electron chi connectivity index (χ0n) is 12.2. The molecule has 0 aliphatic heterocycles. The maximum atomic E-state index is 12.8. The summed E-state index contributed by atoms with van der Waals surface area (Å²) in [4.78, 5) is 1.97. The SMILES string of the molecule is CN(C)/C=C(/C=[N+](C)C)c1ccc(F)cc1.[O-][Cl+3]([O-])([O-])[O-]. The first-order valence-electron chi connectivity index (χ1n) is 5.76. The lowest BCUT2D eigenvalue weighted by molar-refractivity contribution is -2.00. The van der Waals surface area contributed by atoms with E-state index in [1.54, 1.807) is 12.1 Å². The van der Waals surface area contributed by atoms with Gasteiger partial charge in [0.2, 0.25) is 0 Å². The topological polar surface area (TPSA) is 98.5 Å². The van der Waals surface area contributed by atoms with E-state index in [4.69, 9.17) is 18.6 Å². The molecule has 0 fully saturated rings. The Bertz CT molecular complexity index is 486. The highest BCUT2D eigenvalue weighted by Gasteiger charge is 2.03. The summed E-state index contributed by atoms with van der Waals surface area (Å²) in [7, 11) is 2.92. The molecule has 0 heterocycles. The Morgan fingerprint density at radius 3 is 1.86 bits per heavy atom. The van der Waals surface area contributed by atoms with Gasteiger partial charge >= 0.3 is 0 Å². The van der Waals surface area contributed by atoms with Crippen LogP contribution >= 0.6 is 0 Å². The van der Waals surface area contributed by atoms with Gasteiger partial charge in [0.05, 0.1) is 5.57 Å². The van der Waals surface area contributed by atoms with Crippen LogP contribution in [0.1, 0.15) is 5.56 Å². The van der Waals surface area contributed by atoms with Gasteiger partial charge in [-0.25, -0.2) is 27.6 Å². The summed E-state index contributed by atoms with van der Waals surface area (Å²) in [5.74, 6) is -0.210. The van der Waals surface area contributed by atoms with Crippen molar-refractivity contribution in [3.63, 3.8) is 0 Å². The molecule has 0 radical (unpaired) electrons. The summed E-state index contributed by atoms with van der Waals surface area (Å²) in [6.07, 6.45) is 4.01. The van der Waals surface area contributed by atoms with E-state index in [9.17, 15) is 4.39 Å². The number of hydrogen-bond donors (Lipinski definition) is 0. The maximum absolute atomic E-state index is 12.8. The van der Waals surface area contributed by atoms with Gasteiger partial charge < -0.3 is 4.90 Å². The third kappa shape index (κ3) is 12.0. The standard InChI is InChI=1S/C13H18FN2.ClHO4/c1-15(2)9-12(10-16(3)4)11-5-7-13(14)8-6-11;2-1(3,4)5/h5-10H,1-4H3;(H,2,3,4,5)/q+1;/p-1. The van der Waals surface area contributed by atoms with Crippen molar-refractivity contribution in [2.75, 3.05) is 28.2 Å². The van der Waals surface area contributed by atoms with Gasteiger partial charge in [0.1, 0.15) is 19.9 Å². The number of halogens is 2. The van der Waals surface area contributed by atoms with Gasteiger partial charge in [-0.2, -0.15) is 0 Å². The van der Waals surface area contributed by atoms with Crippen molar-refractivity contribution in [2.24, 2.45) is 0 Å². The minimum atomic E-state index is -4.94. The Morgan fingerprint density at radius 1 is 1.10 bits per heavy atom.